The molecule has 1 fully saturated rings. The van der Waals surface area contributed by atoms with Gasteiger partial charge in [0.05, 0.1) is 5.69 Å². The molecule has 3 rings (SSSR count). The summed E-state index contributed by atoms with van der Waals surface area (Å²) in [6.45, 7) is 4.44. The first-order valence-electron chi connectivity index (χ1n) is 7.65. The molecule has 1 aromatic heterocycles. The Bertz CT molecular complexity index is 582. The molecule has 1 aliphatic rings. The maximum Gasteiger partial charge on any atom is 0.142 e. The van der Waals surface area contributed by atoms with Crippen LogP contribution >= 0.6 is 0 Å². The second-order valence-corrected chi connectivity index (χ2v) is 5.86. The molecule has 0 aliphatic heterocycles. The van der Waals surface area contributed by atoms with Crippen LogP contribution in [-0.4, -0.2) is 9.55 Å². The van der Waals surface area contributed by atoms with Crippen molar-refractivity contribution in [3.63, 3.8) is 0 Å². The Morgan fingerprint density at radius 3 is 2.60 bits per heavy atom. The molecule has 2 aromatic rings. The average Bonchev–Trinajstić information content (AvgIpc) is 3.23. The molecule has 0 amide bonds. The van der Waals surface area contributed by atoms with Crippen molar-refractivity contribution in [1.82, 2.24) is 9.55 Å². The average molecular weight is 269 g/mol. The minimum absolute atomic E-state index is 0.433. The molecule has 1 saturated carbocycles. The van der Waals surface area contributed by atoms with Gasteiger partial charge in [0.1, 0.15) is 11.6 Å². The van der Waals surface area contributed by atoms with Gasteiger partial charge < -0.3 is 10.3 Å². The van der Waals surface area contributed by atoms with Gasteiger partial charge in [-0.3, -0.25) is 0 Å². The summed E-state index contributed by atoms with van der Waals surface area (Å²) < 4.78 is 2.26. The second-order valence-electron chi connectivity index (χ2n) is 5.86. The SMILES string of the molecule is CCCC(C)c1nc(-c2ccccc2)n(C2CC2)c1N. The Kier molecular flexibility index (Phi) is 3.51. The number of nitrogens with zero attached hydrogens (tertiary/aromatic N) is 2. The predicted molar refractivity (Wildman–Crippen MR) is 83.7 cm³/mol. The van der Waals surface area contributed by atoms with E-state index in [1.807, 2.05) is 6.07 Å². The monoisotopic (exact) mass is 269 g/mol. The van der Waals surface area contributed by atoms with E-state index in [2.05, 4.69) is 42.7 Å². The third-order valence-electron chi connectivity index (χ3n) is 4.11. The number of hydrogen-bond acceptors (Lipinski definition) is 2. The van der Waals surface area contributed by atoms with Gasteiger partial charge in [0.15, 0.2) is 0 Å². The van der Waals surface area contributed by atoms with Crippen LogP contribution in [0.2, 0.25) is 0 Å². The Morgan fingerprint density at radius 1 is 1.30 bits per heavy atom. The summed E-state index contributed by atoms with van der Waals surface area (Å²) in [5.74, 6) is 2.36. The number of hydrogen-bond donors (Lipinski definition) is 1. The molecule has 106 valence electrons. The lowest BCUT2D eigenvalue weighted by atomic mass is 10.0. The molecule has 0 bridgehead atoms. The molecule has 0 saturated heterocycles. The smallest absolute Gasteiger partial charge is 0.142 e. The predicted octanol–water partition coefficient (Wildman–Crippen LogP) is 4.37. The Balaban J connectivity index is 2.07. The third kappa shape index (κ3) is 2.33. The van der Waals surface area contributed by atoms with Gasteiger partial charge in [0.25, 0.3) is 0 Å². The fraction of sp³-hybridized carbons (Fsp3) is 0.471. The molecule has 1 atom stereocenters. The molecule has 20 heavy (non-hydrogen) atoms. The van der Waals surface area contributed by atoms with E-state index >= 15 is 0 Å². The van der Waals surface area contributed by atoms with E-state index in [9.17, 15) is 0 Å². The maximum atomic E-state index is 6.41. The van der Waals surface area contributed by atoms with Gasteiger partial charge in [-0.25, -0.2) is 4.98 Å². The number of imidazole rings is 1. The van der Waals surface area contributed by atoms with E-state index in [1.165, 1.54) is 18.4 Å². The first-order chi connectivity index (χ1) is 9.72. The molecule has 1 aromatic carbocycles. The van der Waals surface area contributed by atoms with Crippen LogP contribution in [0.1, 0.15) is 57.2 Å². The molecule has 1 aliphatic carbocycles. The van der Waals surface area contributed by atoms with E-state index in [0.717, 1.165) is 30.2 Å². The quantitative estimate of drug-likeness (QED) is 0.875. The van der Waals surface area contributed by atoms with Crippen molar-refractivity contribution in [2.45, 2.75) is 51.5 Å². The van der Waals surface area contributed by atoms with Crippen molar-refractivity contribution in [2.75, 3.05) is 5.73 Å². The van der Waals surface area contributed by atoms with Crippen molar-refractivity contribution >= 4 is 5.82 Å². The van der Waals surface area contributed by atoms with Crippen LogP contribution in [0, 0.1) is 0 Å². The van der Waals surface area contributed by atoms with Gasteiger partial charge in [0, 0.05) is 17.5 Å². The first kappa shape index (κ1) is 13.2. The zero-order chi connectivity index (χ0) is 14.1. The van der Waals surface area contributed by atoms with E-state index in [1.54, 1.807) is 0 Å². The van der Waals surface area contributed by atoms with Gasteiger partial charge in [-0.15, -0.1) is 0 Å². The highest BCUT2D eigenvalue weighted by Crippen LogP contribution is 2.43. The number of anilines is 1. The summed E-state index contributed by atoms with van der Waals surface area (Å²) in [6, 6.07) is 11.0. The van der Waals surface area contributed by atoms with Crippen molar-refractivity contribution < 1.29 is 0 Å². The van der Waals surface area contributed by atoms with Crippen LogP contribution in [0.15, 0.2) is 30.3 Å². The van der Waals surface area contributed by atoms with Crippen molar-refractivity contribution in [1.29, 1.82) is 0 Å². The largest absolute Gasteiger partial charge is 0.384 e. The molecule has 1 heterocycles. The van der Waals surface area contributed by atoms with Gasteiger partial charge in [0.2, 0.25) is 0 Å². The number of aromatic nitrogens is 2. The van der Waals surface area contributed by atoms with Gasteiger partial charge in [-0.2, -0.15) is 0 Å². The second kappa shape index (κ2) is 5.31. The normalized spacial score (nSPS) is 16.3. The fourth-order valence-electron chi connectivity index (χ4n) is 2.89. The molecule has 1 unspecified atom stereocenters. The molecule has 3 heteroatoms. The van der Waals surface area contributed by atoms with E-state index in [-0.39, 0.29) is 0 Å². The number of nitrogens with two attached hydrogens (primary N) is 1. The summed E-state index contributed by atoms with van der Waals surface area (Å²) in [5, 5.41) is 0. The van der Waals surface area contributed by atoms with Crippen LogP contribution in [0.3, 0.4) is 0 Å². The third-order valence-corrected chi connectivity index (χ3v) is 4.11. The first-order valence-corrected chi connectivity index (χ1v) is 7.65. The van der Waals surface area contributed by atoms with Crippen LogP contribution in [-0.2, 0) is 0 Å². The molecule has 0 radical (unpaired) electrons. The summed E-state index contributed by atoms with van der Waals surface area (Å²) >= 11 is 0. The highest BCUT2D eigenvalue weighted by molar-refractivity contribution is 5.61. The molecule has 0 spiro atoms. The van der Waals surface area contributed by atoms with Crippen LogP contribution in [0.25, 0.3) is 11.4 Å². The van der Waals surface area contributed by atoms with Crippen LogP contribution in [0.4, 0.5) is 5.82 Å². The Hall–Kier alpha value is -1.77. The Morgan fingerprint density at radius 2 is 2.00 bits per heavy atom. The van der Waals surface area contributed by atoms with Crippen molar-refractivity contribution in [3.05, 3.63) is 36.0 Å². The minimum Gasteiger partial charge on any atom is -0.384 e. The highest BCUT2D eigenvalue weighted by Gasteiger charge is 2.31. The summed E-state index contributed by atoms with van der Waals surface area (Å²) in [7, 11) is 0. The van der Waals surface area contributed by atoms with Crippen LogP contribution < -0.4 is 5.73 Å². The number of benzene rings is 1. The molecule has 3 nitrogen and oxygen atoms in total. The van der Waals surface area contributed by atoms with Crippen molar-refractivity contribution in [3.8, 4) is 11.4 Å². The summed E-state index contributed by atoms with van der Waals surface area (Å²) in [6.07, 6.45) is 4.75. The standard InChI is InChI=1S/C17H23N3/c1-3-7-12(2)15-16(18)20(14-10-11-14)17(19-15)13-8-5-4-6-9-13/h4-6,8-9,12,14H,3,7,10-11,18H2,1-2H3. The fourth-order valence-corrected chi connectivity index (χ4v) is 2.89. The number of nitrogen functional groups attached to an aromatic ring is 1. The topological polar surface area (TPSA) is 43.8 Å². The highest BCUT2D eigenvalue weighted by atomic mass is 15.2. The maximum absolute atomic E-state index is 6.41. The molecule has 2 N–H and O–H groups in total. The lowest BCUT2D eigenvalue weighted by Gasteiger charge is -2.10. The van der Waals surface area contributed by atoms with E-state index < -0.39 is 0 Å². The van der Waals surface area contributed by atoms with E-state index in [0.29, 0.717) is 12.0 Å². The Labute approximate surface area is 120 Å². The van der Waals surface area contributed by atoms with Gasteiger partial charge in [-0.1, -0.05) is 50.6 Å². The lowest BCUT2D eigenvalue weighted by molar-refractivity contribution is 0.651. The van der Waals surface area contributed by atoms with Gasteiger partial charge >= 0.3 is 0 Å². The lowest BCUT2D eigenvalue weighted by Crippen LogP contribution is -2.04. The van der Waals surface area contributed by atoms with Crippen LogP contribution in [0.5, 0.6) is 0 Å². The molecular formula is C17H23N3. The minimum atomic E-state index is 0.433. The summed E-state index contributed by atoms with van der Waals surface area (Å²) in [4.78, 5) is 4.90. The zero-order valence-electron chi connectivity index (χ0n) is 12.3. The van der Waals surface area contributed by atoms with Crippen molar-refractivity contribution in [2.24, 2.45) is 0 Å². The summed E-state index contributed by atoms with van der Waals surface area (Å²) in [5.41, 5.74) is 8.66. The zero-order valence-corrected chi connectivity index (χ0v) is 12.3. The van der Waals surface area contributed by atoms with Gasteiger partial charge in [-0.05, 0) is 19.3 Å². The van der Waals surface area contributed by atoms with E-state index in [4.69, 9.17) is 10.7 Å². The molecular weight excluding hydrogens is 246 g/mol. The number of rotatable bonds is 5.